The SMILES string of the molecule is N=C(N)c1ccc(N2CC(CN3CCCC(C(O)C(=O)O)C3)OC2=O)cc1. The number of aliphatic hydroxyl groups is 1. The zero-order valence-corrected chi connectivity index (χ0v) is 14.9. The highest BCUT2D eigenvalue weighted by Crippen LogP contribution is 2.25. The van der Waals surface area contributed by atoms with Gasteiger partial charge in [0.1, 0.15) is 11.9 Å². The number of hydrogen-bond donors (Lipinski definition) is 4. The minimum atomic E-state index is -1.37. The Labute approximate surface area is 156 Å². The molecule has 0 radical (unpaired) electrons. The van der Waals surface area contributed by atoms with Crippen LogP contribution in [-0.4, -0.2) is 71.4 Å². The molecule has 2 fully saturated rings. The molecule has 9 nitrogen and oxygen atoms in total. The van der Waals surface area contributed by atoms with Crippen molar-refractivity contribution in [2.45, 2.75) is 25.0 Å². The van der Waals surface area contributed by atoms with E-state index in [9.17, 15) is 14.7 Å². The minimum absolute atomic E-state index is 0.0355. The number of carboxylic acids is 1. The number of nitrogens with zero attached hydrogens (tertiary/aromatic N) is 2. The largest absolute Gasteiger partial charge is 0.479 e. The van der Waals surface area contributed by atoms with Crippen molar-refractivity contribution in [3.63, 3.8) is 0 Å². The van der Waals surface area contributed by atoms with Crippen LogP contribution in [0.5, 0.6) is 0 Å². The number of benzene rings is 1. The lowest BCUT2D eigenvalue weighted by atomic mass is 9.92. The van der Waals surface area contributed by atoms with E-state index in [4.69, 9.17) is 21.0 Å². The van der Waals surface area contributed by atoms with Crippen molar-refractivity contribution in [2.24, 2.45) is 11.7 Å². The number of nitrogen functional groups attached to an aromatic ring is 1. The van der Waals surface area contributed by atoms with Crippen molar-refractivity contribution < 1.29 is 24.5 Å². The van der Waals surface area contributed by atoms with Crippen molar-refractivity contribution in [2.75, 3.05) is 31.1 Å². The maximum Gasteiger partial charge on any atom is 0.414 e. The number of cyclic esters (lactones) is 1. The summed E-state index contributed by atoms with van der Waals surface area (Å²) >= 11 is 0. The number of piperidine rings is 1. The average molecular weight is 376 g/mol. The Kier molecular flexibility index (Phi) is 5.62. The van der Waals surface area contributed by atoms with E-state index < -0.39 is 18.2 Å². The van der Waals surface area contributed by atoms with Gasteiger partial charge < -0.3 is 20.7 Å². The second-order valence-corrected chi connectivity index (χ2v) is 7.02. The maximum atomic E-state index is 12.2. The summed E-state index contributed by atoms with van der Waals surface area (Å²) in [6.07, 6.45) is -0.662. The molecule has 2 aliphatic heterocycles. The fraction of sp³-hybridized carbons (Fsp3) is 0.500. The summed E-state index contributed by atoms with van der Waals surface area (Å²) in [6.45, 7) is 2.14. The fourth-order valence-corrected chi connectivity index (χ4v) is 3.65. The lowest BCUT2D eigenvalue weighted by molar-refractivity contribution is -0.150. The number of carbonyl (C=O) groups is 2. The van der Waals surface area contributed by atoms with E-state index in [-0.39, 0.29) is 17.9 Å². The molecule has 0 aliphatic carbocycles. The van der Waals surface area contributed by atoms with Gasteiger partial charge in [-0.1, -0.05) is 0 Å². The highest BCUT2D eigenvalue weighted by Gasteiger charge is 2.36. The monoisotopic (exact) mass is 376 g/mol. The van der Waals surface area contributed by atoms with Crippen molar-refractivity contribution in [3.8, 4) is 0 Å². The lowest BCUT2D eigenvalue weighted by Crippen LogP contribution is -2.46. The van der Waals surface area contributed by atoms with Gasteiger partial charge in [-0.15, -0.1) is 0 Å². The van der Waals surface area contributed by atoms with Crippen LogP contribution in [0.1, 0.15) is 18.4 Å². The predicted molar refractivity (Wildman–Crippen MR) is 97.9 cm³/mol. The van der Waals surface area contributed by atoms with Gasteiger partial charge >= 0.3 is 12.1 Å². The first-order valence-electron chi connectivity index (χ1n) is 8.91. The number of amidine groups is 1. The Morgan fingerprint density at radius 2 is 2.04 bits per heavy atom. The van der Waals surface area contributed by atoms with E-state index in [0.717, 1.165) is 13.0 Å². The van der Waals surface area contributed by atoms with E-state index >= 15 is 0 Å². The van der Waals surface area contributed by atoms with Crippen LogP contribution in [0.25, 0.3) is 0 Å². The van der Waals surface area contributed by atoms with Crippen LogP contribution in [0.4, 0.5) is 10.5 Å². The minimum Gasteiger partial charge on any atom is -0.479 e. The summed E-state index contributed by atoms with van der Waals surface area (Å²) in [5, 5.41) is 26.2. The van der Waals surface area contributed by atoms with Gasteiger partial charge in [-0.3, -0.25) is 15.2 Å². The second kappa shape index (κ2) is 7.93. The number of nitrogens with two attached hydrogens (primary N) is 1. The van der Waals surface area contributed by atoms with Crippen molar-refractivity contribution in [1.29, 1.82) is 5.41 Å². The Balaban J connectivity index is 1.59. The molecule has 2 saturated heterocycles. The molecular formula is C18H24N4O5. The highest BCUT2D eigenvalue weighted by molar-refractivity contribution is 5.96. The standard InChI is InChI=1S/C18H24N4O5/c19-16(20)11-3-5-13(6-4-11)22-10-14(27-18(22)26)9-21-7-1-2-12(8-21)15(23)17(24)25/h3-6,12,14-15,23H,1-2,7-10H2,(H3,19,20)(H,24,25). The topological polar surface area (TPSA) is 140 Å². The summed E-state index contributed by atoms with van der Waals surface area (Å²) < 4.78 is 5.45. The van der Waals surface area contributed by atoms with Gasteiger partial charge in [0.05, 0.1) is 6.54 Å². The zero-order chi connectivity index (χ0) is 19.6. The molecule has 1 aromatic carbocycles. The quantitative estimate of drug-likeness (QED) is 0.417. The van der Waals surface area contributed by atoms with Crippen LogP contribution >= 0.6 is 0 Å². The van der Waals surface area contributed by atoms with Crippen LogP contribution in [0.3, 0.4) is 0 Å². The molecule has 9 heteroatoms. The summed E-state index contributed by atoms with van der Waals surface area (Å²) in [7, 11) is 0. The molecule has 5 N–H and O–H groups in total. The summed E-state index contributed by atoms with van der Waals surface area (Å²) in [5.41, 5.74) is 6.69. The van der Waals surface area contributed by atoms with Crippen molar-refractivity contribution in [1.82, 2.24) is 4.90 Å². The number of aliphatic carboxylic acids is 1. The number of rotatable bonds is 6. The van der Waals surface area contributed by atoms with E-state index in [0.29, 0.717) is 37.3 Å². The Morgan fingerprint density at radius 1 is 1.33 bits per heavy atom. The van der Waals surface area contributed by atoms with Crippen molar-refractivity contribution >= 4 is 23.6 Å². The van der Waals surface area contributed by atoms with Crippen molar-refractivity contribution in [3.05, 3.63) is 29.8 Å². The zero-order valence-electron chi connectivity index (χ0n) is 14.9. The first-order valence-corrected chi connectivity index (χ1v) is 8.91. The van der Waals surface area contributed by atoms with Crippen LogP contribution in [0, 0.1) is 11.3 Å². The molecule has 146 valence electrons. The van der Waals surface area contributed by atoms with Crippen LogP contribution in [0.2, 0.25) is 0 Å². The van der Waals surface area contributed by atoms with Gasteiger partial charge in [0.25, 0.3) is 0 Å². The number of anilines is 1. The molecule has 1 aromatic rings. The van der Waals surface area contributed by atoms with E-state index in [1.807, 2.05) is 4.90 Å². The molecule has 0 bridgehead atoms. The Bertz CT molecular complexity index is 723. The van der Waals surface area contributed by atoms with Crippen LogP contribution in [-0.2, 0) is 9.53 Å². The number of carboxylic acid groups (broad SMARTS) is 1. The smallest absolute Gasteiger partial charge is 0.414 e. The van der Waals surface area contributed by atoms with Crippen LogP contribution < -0.4 is 10.6 Å². The van der Waals surface area contributed by atoms with E-state index in [1.54, 1.807) is 24.3 Å². The Hall–Kier alpha value is -2.65. The molecule has 0 spiro atoms. The maximum absolute atomic E-state index is 12.2. The average Bonchev–Trinajstić information content (AvgIpc) is 3.01. The van der Waals surface area contributed by atoms with Gasteiger partial charge in [0.15, 0.2) is 6.10 Å². The highest BCUT2D eigenvalue weighted by atomic mass is 16.6. The third-order valence-corrected chi connectivity index (χ3v) is 5.07. The number of nitrogens with one attached hydrogen (secondary N) is 1. The van der Waals surface area contributed by atoms with Gasteiger partial charge in [-0.2, -0.15) is 0 Å². The van der Waals surface area contributed by atoms with E-state index in [2.05, 4.69) is 0 Å². The number of carbonyl (C=O) groups excluding carboxylic acids is 1. The molecule has 0 saturated carbocycles. The summed E-state index contributed by atoms with van der Waals surface area (Å²) in [5.74, 6) is -1.55. The third kappa shape index (κ3) is 4.37. The number of ether oxygens (including phenoxy) is 1. The molecule has 0 aromatic heterocycles. The molecule has 1 amide bonds. The summed E-state index contributed by atoms with van der Waals surface area (Å²) in [4.78, 5) is 26.8. The van der Waals surface area contributed by atoms with Gasteiger partial charge in [-0.25, -0.2) is 9.59 Å². The van der Waals surface area contributed by atoms with Gasteiger partial charge in [0.2, 0.25) is 0 Å². The number of hydrogen-bond acceptors (Lipinski definition) is 6. The molecule has 3 unspecified atom stereocenters. The molecule has 27 heavy (non-hydrogen) atoms. The van der Waals surface area contributed by atoms with Gasteiger partial charge in [0, 0.05) is 30.3 Å². The molecule has 3 rings (SSSR count). The number of amides is 1. The number of likely N-dealkylation sites (tertiary alicyclic amines) is 1. The Morgan fingerprint density at radius 3 is 2.67 bits per heavy atom. The molecule has 2 heterocycles. The predicted octanol–water partition coefficient (Wildman–Crippen LogP) is 0.453. The van der Waals surface area contributed by atoms with E-state index in [1.165, 1.54) is 4.90 Å². The second-order valence-electron chi connectivity index (χ2n) is 7.02. The number of aliphatic hydroxyl groups excluding tert-OH is 1. The van der Waals surface area contributed by atoms with Gasteiger partial charge in [-0.05, 0) is 43.7 Å². The molecular weight excluding hydrogens is 352 g/mol. The lowest BCUT2D eigenvalue weighted by Gasteiger charge is -2.34. The normalized spacial score (nSPS) is 24.5. The molecule has 2 aliphatic rings. The molecule has 3 atom stereocenters. The first-order chi connectivity index (χ1) is 12.8. The van der Waals surface area contributed by atoms with Crippen LogP contribution in [0.15, 0.2) is 24.3 Å². The fourth-order valence-electron chi connectivity index (χ4n) is 3.65. The summed E-state index contributed by atoms with van der Waals surface area (Å²) in [6, 6.07) is 6.81. The third-order valence-electron chi connectivity index (χ3n) is 5.07. The first kappa shape index (κ1) is 19.1.